The maximum Gasteiger partial charge on any atom is 0.407 e. The molecule has 1 aliphatic heterocycles. The molecule has 11 nitrogen and oxygen atoms in total. The maximum absolute atomic E-state index is 12.6. The average Bonchev–Trinajstić information content (AvgIpc) is 3.54. The van der Waals surface area contributed by atoms with Gasteiger partial charge in [0.25, 0.3) is 5.91 Å². The maximum atomic E-state index is 12.6. The second kappa shape index (κ2) is 9.38. The number of nitrogens with zero attached hydrogens (tertiary/aromatic N) is 3. The van der Waals surface area contributed by atoms with Crippen LogP contribution >= 0.6 is 0 Å². The number of ether oxygens (including phenoxy) is 3. The zero-order chi connectivity index (χ0) is 23.7. The minimum Gasteiger partial charge on any atom is -0.446 e. The van der Waals surface area contributed by atoms with Crippen molar-refractivity contribution in [2.45, 2.75) is 75.2 Å². The molecular formula is C23H32N6O5. The van der Waals surface area contributed by atoms with E-state index in [2.05, 4.69) is 25.9 Å². The van der Waals surface area contributed by atoms with Gasteiger partial charge in [0.05, 0.1) is 30.6 Å². The van der Waals surface area contributed by atoms with Crippen LogP contribution in [-0.4, -0.2) is 63.4 Å². The second-order valence-electron chi connectivity index (χ2n) is 9.67. The van der Waals surface area contributed by atoms with Gasteiger partial charge in [-0.15, -0.1) is 0 Å². The van der Waals surface area contributed by atoms with Gasteiger partial charge in [-0.2, -0.15) is 10.2 Å². The second-order valence-corrected chi connectivity index (χ2v) is 9.67. The summed E-state index contributed by atoms with van der Waals surface area (Å²) in [5.41, 5.74) is 2.03. The fourth-order valence-electron chi connectivity index (χ4n) is 5.29. The van der Waals surface area contributed by atoms with Crippen LogP contribution in [0.5, 0.6) is 0 Å². The predicted octanol–water partition coefficient (Wildman–Crippen LogP) is 2.62. The molecule has 2 saturated carbocycles. The lowest BCUT2D eigenvalue weighted by Gasteiger charge is -2.37. The first-order valence-electron chi connectivity index (χ1n) is 11.9. The molecule has 0 aromatic carbocycles. The SMILES string of the molecule is COCc1cc(C(=O)Nc2cc([C@H]3CC[C@@H](OC(=O)N[C@@H]4COC5(CCC5)C4)C3)[nH]n2)n(C)n1. The highest BCUT2D eigenvalue weighted by atomic mass is 16.6. The van der Waals surface area contributed by atoms with Gasteiger partial charge in [0, 0.05) is 31.8 Å². The largest absolute Gasteiger partial charge is 0.446 e. The molecule has 3 aliphatic rings. The molecule has 3 atom stereocenters. The van der Waals surface area contributed by atoms with E-state index in [0.717, 1.165) is 44.2 Å². The number of hydrogen-bond donors (Lipinski definition) is 3. The van der Waals surface area contributed by atoms with Gasteiger partial charge >= 0.3 is 6.09 Å². The van der Waals surface area contributed by atoms with Crippen LogP contribution < -0.4 is 10.6 Å². The number of nitrogens with one attached hydrogen (secondary N) is 3. The molecule has 184 valence electrons. The number of rotatable bonds is 7. The van der Waals surface area contributed by atoms with Crippen molar-refractivity contribution in [3.8, 4) is 0 Å². The first-order chi connectivity index (χ1) is 16.4. The van der Waals surface area contributed by atoms with E-state index in [1.54, 1.807) is 20.2 Å². The van der Waals surface area contributed by atoms with Crippen LogP contribution in [0.25, 0.3) is 0 Å². The van der Waals surface area contributed by atoms with Gasteiger partial charge in [-0.05, 0) is 51.0 Å². The van der Waals surface area contributed by atoms with E-state index in [9.17, 15) is 9.59 Å². The van der Waals surface area contributed by atoms with E-state index in [1.165, 1.54) is 11.1 Å². The van der Waals surface area contributed by atoms with Gasteiger partial charge < -0.3 is 24.8 Å². The van der Waals surface area contributed by atoms with Crippen LogP contribution in [0.1, 0.15) is 72.7 Å². The van der Waals surface area contributed by atoms with Crippen LogP contribution in [0, 0.1) is 0 Å². The predicted molar refractivity (Wildman–Crippen MR) is 121 cm³/mol. The number of methoxy groups -OCH3 is 1. The fraction of sp³-hybridized carbons (Fsp3) is 0.652. The number of carbonyl (C=O) groups is 2. The first kappa shape index (κ1) is 22.9. The summed E-state index contributed by atoms with van der Waals surface area (Å²) < 4.78 is 18.2. The summed E-state index contributed by atoms with van der Waals surface area (Å²) in [6.45, 7) is 0.906. The van der Waals surface area contributed by atoms with E-state index in [0.29, 0.717) is 30.4 Å². The van der Waals surface area contributed by atoms with Crippen molar-refractivity contribution in [1.29, 1.82) is 0 Å². The van der Waals surface area contributed by atoms with Crippen molar-refractivity contribution < 1.29 is 23.8 Å². The lowest BCUT2D eigenvalue weighted by atomic mass is 9.77. The highest BCUT2D eigenvalue weighted by Gasteiger charge is 2.45. The number of hydrogen-bond acceptors (Lipinski definition) is 7. The zero-order valence-corrected chi connectivity index (χ0v) is 19.6. The van der Waals surface area contributed by atoms with Gasteiger partial charge in [0.2, 0.25) is 0 Å². The Morgan fingerprint density at radius 1 is 1.32 bits per heavy atom. The van der Waals surface area contributed by atoms with Crippen LogP contribution in [0.4, 0.5) is 10.6 Å². The van der Waals surface area contributed by atoms with Gasteiger partial charge in [-0.3, -0.25) is 14.6 Å². The van der Waals surface area contributed by atoms with Crippen molar-refractivity contribution in [3.05, 3.63) is 29.2 Å². The number of carbonyl (C=O) groups excluding carboxylic acids is 2. The van der Waals surface area contributed by atoms with E-state index in [1.807, 2.05) is 6.07 Å². The molecule has 3 N–H and O–H groups in total. The number of alkyl carbamates (subject to hydrolysis) is 1. The Balaban J connectivity index is 1.10. The minimum absolute atomic E-state index is 0.00704. The molecule has 3 fully saturated rings. The van der Waals surface area contributed by atoms with Crippen molar-refractivity contribution >= 4 is 17.8 Å². The monoisotopic (exact) mass is 472 g/mol. The fourth-order valence-corrected chi connectivity index (χ4v) is 5.29. The average molecular weight is 473 g/mol. The van der Waals surface area contributed by atoms with Crippen LogP contribution in [0.3, 0.4) is 0 Å². The van der Waals surface area contributed by atoms with E-state index >= 15 is 0 Å². The quantitative estimate of drug-likeness (QED) is 0.564. The molecule has 0 bridgehead atoms. The molecule has 2 aromatic rings. The number of H-pyrrole nitrogens is 1. The third kappa shape index (κ3) is 4.80. The summed E-state index contributed by atoms with van der Waals surface area (Å²) in [6.07, 6.45) is 6.16. The van der Waals surface area contributed by atoms with Gasteiger partial charge in [0.1, 0.15) is 11.8 Å². The normalized spacial score (nSPS) is 25.3. The molecule has 1 spiro atoms. The van der Waals surface area contributed by atoms with Crippen LogP contribution in [0.15, 0.2) is 12.1 Å². The number of anilines is 1. The number of aromatic amines is 1. The van der Waals surface area contributed by atoms with Gasteiger partial charge in [0.15, 0.2) is 5.82 Å². The third-order valence-electron chi connectivity index (χ3n) is 7.19. The van der Waals surface area contributed by atoms with Crippen molar-refractivity contribution in [2.75, 3.05) is 19.0 Å². The van der Waals surface area contributed by atoms with Crippen LogP contribution in [-0.2, 0) is 27.9 Å². The van der Waals surface area contributed by atoms with Gasteiger partial charge in [-0.1, -0.05) is 0 Å². The summed E-state index contributed by atoms with van der Waals surface area (Å²) >= 11 is 0. The Bertz CT molecular complexity index is 1040. The lowest BCUT2D eigenvalue weighted by Crippen LogP contribution is -2.40. The van der Waals surface area contributed by atoms with Gasteiger partial charge in [-0.25, -0.2) is 4.79 Å². The molecule has 1 saturated heterocycles. The molecule has 0 radical (unpaired) electrons. The summed E-state index contributed by atoms with van der Waals surface area (Å²) in [5, 5.41) is 17.3. The highest BCUT2D eigenvalue weighted by Crippen LogP contribution is 2.43. The van der Waals surface area contributed by atoms with E-state index < -0.39 is 0 Å². The Hall–Kier alpha value is -2.92. The van der Waals surface area contributed by atoms with Crippen molar-refractivity contribution in [1.82, 2.24) is 25.3 Å². The topological polar surface area (TPSA) is 132 Å². The zero-order valence-electron chi connectivity index (χ0n) is 19.6. The summed E-state index contributed by atoms with van der Waals surface area (Å²) in [7, 11) is 3.29. The molecule has 2 aliphatic carbocycles. The molecule has 0 unspecified atom stereocenters. The third-order valence-corrected chi connectivity index (χ3v) is 7.19. The Labute approximate surface area is 197 Å². The van der Waals surface area contributed by atoms with Crippen LogP contribution in [0.2, 0.25) is 0 Å². The Kier molecular flexibility index (Phi) is 6.30. The van der Waals surface area contributed by atoms with Crippen molar-refractivity contribution in [3.63, 3.8) is 0 Å². The molecule has 34 heavy (non-hydrogen) atoms. The smallest absolute Gasteiger partial charge is 0.407 e. The molecule has 2 aromatic heterocycles. The highest BCUT2D eigenvalue weighted by molar-refractivity contribution is 6.02. The number of aromatic nitrogens is 4. The molecule has 11 heteroatoms. The summed E-state index contributed by atoms with van der Waals surface area (Å²) in [5.74, 6) is 0.344. The number of amides is 2. The molecule has 5 rings (SSSR count). The molecule has 3 heterocycles. The standard InChI is InChI=1S/C23H32N6O5/c1-29-19(9-15(28-29)12-32-2)21(30)25-20-10-18(26-27-20)14-4-5-17(8-14)34-22(31)24-16-11-23(33-13-16)6-3-7-23/h9-10,14,16-17H,3-8,11-13H2,1-2H3,(H,24,31)(H2,25,26,27,30)/t14-,16-,17+/m0/s1. The first-order valence-corrected chi connectivity index (χ1v) is 11.9. The van der Waals surface area contributed by atoms with E-state index in [4.69, 9.17) is 14.2 Å². The Morgan fingerprint density at radius 2 is 2.18 bits per heavy atom. The Morgan fingerprint density at radius 3 is 2.91 bits per heavy atom. The molecular weight excluding hydrogens is 440 g/mol. The lowest BCUT2D eigenvalue weighted by molar-refractivity contribution is -0.0563. The van der Waals surface area contributed by atoms with Crippen molar-refractivity contribution in [2.24, 2.45) is 7.05 Å². The number of aryl methyl sites for hydroxylation is 1. The minimum atomic E-state index is -0.364. The van der Waals surface area contributed by atoms with E-state index in [-0.39, 0.29) is 35.7 Å². The molecule has 2 amide bonds. The summed E-state index contributed by atoms with van der Waals surface area (Å²) in [6, 6.07) is 3.57. The summed E-state index contributed by atoms with van der Waals surface area (Å²) in [4.78, 5) is 25.0.